The van der Waals surface area contributed by atoms with E-state index in [1.54, 1.807) is 0 Å². The van der Waals surface area contributed by atoms with Gasteiger partial charge in [0.15, 0.2) is 0 Å². The first kappa shape index (κ1) is 20.0. The number of para-hydroxylation sites is 2. The van der Waals surface area contributed by atoms with E-state index < -0.39 is 0 Å². The Bertz CT molecular complexity index is 435. The molecular weight excluding hydrogens is 309 g/mol. The summed E-state index contributed by atoms with van der Waals surface area (Å²) in [6.07, 6.45) is 3.66. The summed E-state index contributed by atoms with van der Waals surface area (Å²) in [5.41, 5.74) is 7.72. The highest BCUT2D eigenvalue weighted by atomic mass is 35.5. The number of anilines is 2. The van der Waals surface area contributed by atoms with Gasteiger partial charge in [-0.3, -0.25) is 4.79 Å². The lowest BCUT2D eigenvalue weighted by atomic mass is 10.2. The lowest BCUT2D eigenvalue weighted by Gasteiger charge is -2.21. The fourth-order valence-corrected chi connectivity index (χ4v) is 2.38. The molecule has 1 amide bonds. The van der Waals surface area contributed by atoms with E-state index in [0.717, 1.165) is 30.9 Å². The molecule has 0 saturated carbocycles. The highest BCUT2D eigenvalue weighted by Crippen LogP contribution is 2.28. The van der Waals surface area contributed by atoms with Crippen molar-refractivity contribution in [3.63, 3.8) is 0 Å². The van der Waals surface area contributed by atoms with Crippen LogP contribution < -0.4 is 16.0 Å². The summed E-state index contributed by atoms with van der Waals surface area (Å²) in [5, 5.41) is 3.01. The van der Waals surface area contributed by atoms with E-state index in [4.69, 9.17) is 5.73 Å². The third-order valence-corrected chi connectivity index (χ3v) is 3.45. The normalized spacial score (nSPS) is 14.9. The molecule has 120 valence electrons. The number of rotatable bonds is 5. The van der Waals surface area contributed by atoms with Crippen LogP contribution in [0.1, 0.15) is 32.6 Å². The molecule has 1 aromatic carbocycles. The highest BCUT2D eigenvalue weighted by Gasteiger charge is 2.16. The monoisotopic (exact) mass is 333 g/mol. The molecule has 3 N–H and O–H groups in total. The van der Waals surface area contributed by atoms with E-state index in [9.17, 15) is 4.79 Å². The van der Waals surface area contributed by atoms with Crippen LogP contribution in [-0.2, 0) is 4.79 Å². The quantitative estimate of drug-likeness (QED) is 0.869. The molecule has 1 atom stereocenters. The van der Waals surface area contributed by atoms with E-state index in [1.165, 1.54) is 12.8 Å². The summed E-state index contributed by atoms with van der Waals surface area (Å²) >= 11 is 0. The van der Waals surface area contributed by atoms with Crippen LogP contribution in [0.25, 0.3) is 0 Å². The number of hydrogen-bond acceptors (Lipinski definition) is 3. The molecule has 0 spiro atoms. The molecule has 2 rings (SSSR count). The smallest absolute Gasteiger partial charge is 0.224 e. The van der Waals surface area contributed by atoms with Gasteiger partial charge < -0.3 is 16.0 Å². The molecule has 4 nitrogen and oxygen atoms in total. The second-order valence-electron chi connectivity index (χ2n) is 5.28. The second kappa shape index (κ2) is 9.87. The molecule has 0 aliphatic carbocycles. The van der Waals surface area contributed by atoms with Crippen LogP contribution in [0.4, 0.5) is 11.4 Å². The van der Waals surface area contributed by atoms with Crippen molar-refractivity contribution in [1.29, 1.82) is 0 Å². The molecule has 6 heteroatoms. The molecule has 0 aromatic heterocycles. The lowest BCUT2D eigenvalue weighted by Crippen LogP contribution is -2.22. The average molecular weight is 334 g/mol. The maximum absolute atomic E-state index is 11.9. The molecule has 1 heterocycles. The predicted octanol–water partition coefficient (Wildman–Crippen LogP) is 3.20. The standard InChI is InChI=1S/C15H23N3O.2ClH/c1-12(16)8-9-15(19)17-13-6-2-3-7-14(13)18-10-4-5-11-18;;/h2-3,6-7,12H,4-5,8-11,16H2,1H3,(H,17,19);2*1H. The summed E-state index contributed by atoms with van der Waals surface area (Å²) in [4.78, 5) is 14.2. The highest BCUT2D eigenvalue weighted by molar-refractivity contribution is 5.94. The van der Waals surface area contributed by atoms with Crippen LogP contribution in [0.5, 0.6) is 0 Å². The number of amides is 1. The first-order valence-corrected chi connectivity index (χ1v) is 7.06. The van der Waals surface area contributed by atoms with Crippen LogP contribution in [0, 0.1) is 0 Å². The van der Waals surface area contributed by atoms with Crippen molar-refractivity contribution in [3.8, 4) is 0 Å². The van der Waals surface area contributed by atoms with Crippen LogP contribution in [-0.4, -0.2) is 25.0 Å². The van der Waals surface area contributed by atoms with Crippen molar-refractivity contribution in [2.24, 2.45) is 5.73 Å². The molecule has 0 radical (unpaired) electrons. The maximum atomic E-state index is 11.9. The molecule has 1 saturated heterocycles. The second-order valence-corrected chi connectivity index (χ2v) is 5.28. The number of benzene rings is 1. The van der Waals surface area contributed by atoms with Crippen LogP contribution >= 0.6 is 24.8 Å². The molecule has 0 bridgehead atoms. The number of nitrogens with two attached hydrogens (primary N) is 1. The van der Waals surface area contributed by atoms with Gasteiger partial charge in [0.2, 0.25) is 5.91 Å². The summed E-state index contributed by atoms with van der Waals surface area (Å²) in [6, 6.07) is 8.09. The molecular formula is C15H25Cl2N3O. The van der Waals surface area contributed by atoms with Crippen molar-refractivity contribution in [2.45, 2.75) is 38.6 Å². The van der Waals surface area contributed by atoms with Gasteiger partial charge in [-0.2, -0.15) is 0 Å². The SMILES string of the molecule is CC(N)CCC(=O)Nc1ccccc1N1CCCC1.Cl.Cl. The van der Waals surface area contributed by atoms with Gasteiger partial charge in [0, 0.05) is 25.6 Å². The minimum atomic E-state index is 0. The Morgan fingerprint density at radius 2 is 1.90 bits per heavy atom. The molecule has 1 aliphatic rings. The number of carbonyl (C=O) groups excluding carboxylic acids is 1. The summed E-state index contributed by atoms with van der Waals surface area (Å²) in [6.45, 7) is 4.07. The van der Waals surface area contributed by atoms with Gasteiger partial charge in [-0.1, -0.05) is 12.1 Å². The fourth-order valence-electron chi connectivity index (χ4n) is 2.38. The average Bonchev–Trinajstić information content (AvgIpc) is 2.91. The first-order chi connectivity index (χ1) is 9.16. The van der Waals surface area contributed by atoms with Crippen molar-refractivity contribution >= 4 is 42.1 Å². The van der Waals surface area contributed by atoms with Gasteiger partial charge in [0.1, 0.15) is 0 Å². The first-order valence-electron chi connectivity index (χ1n) is 7.06. The topological polar surface area (TPSA) is 58.4 Å². The van der Waals surface area contributed by atoms with Gasteiger partial charge in [0.05, 0.1) is 11.4 Å². The maximum Gasteiger partial charge on any atom is 0.224 e. The zero-order valence-electron chi connectivity index (χ0n) is 12.4. The Hall–Kier alpha value is -0.970. The molecule has 1 aliphatic heterocycles. The predicted molar refractivity (Wildman–Crippen MR) is 93.9 cm³/mol. The number of carbonyl (C=O) groups is 1. The Morgan fingerprint density at radius 3 is 2.52 bits per heavy atom. The van der Waals surface area contributed by atoms with E-state index >= 15 is 0 Å². The summed E-state index contributed by atoms with van der Waals surface area (Å²) < 4.78 is 0. The Labute approximate surface area is 139 Å². The number of halogens is 2. The largest absolute Gasteiger partial charge is 0.370 e. The molecule has 21 heavy (non-hydrogen) atoms. The minimum absolute atomic E-state index is 0. The van der Waals surface area contributed by atoms with Gasteiger partial charge in [-0.05, 0) is 38.3 Å². The Morgan fingerprint density at radius 1 is 1.29 bits per heavy atom. The van der Waals surface area contributed by atoms with Crippen molar-refractivity contribution in [3.05, 3.63) is 24.3 Å². The van der Waals surface area contributed by atoms with Crippen molar-refractivity contribution in [2.75, 3.05) is 23.3 Å². The van der Waals surface area contributed by atoms with Crippen molar-refractivity contribution in [1.82, 2.24) is 0 Å². The van der Waals surface area contributed by atoms with E-state index in [1.807, 2.05) is 25.1 Å². The number of hydrogen-bond donors (Lipinski definition) is 2. The Kier molecular flexibility index (Phi) is 9.42. The van der Waals surface area contributed by atoms with Crippen LogP contribution in [0.2, 0.25) is 0 Å². The minimum Gasteiger partial charge on any atom is -0.370 e. The van der Waals surface area contributed by atoms with Crippen LogP contribution in [0.15, 0.2) is 24.3 Å². The van der Waals surface area contributed by atoms with E-state index in [-0.39, 0.29) is 36.8 Å². The van der Waals surface area contributed by atoms with Gasteiger partial charge in [0.25, 0.3) is 0 Å². The lowest BCUT2D eigenvalue weighted by molar-refractivity contribution is -0.116. The van der Waals surface area contributed by atoms with Crippen molar-refractivity contribution < 1.29 is 4.79 Å². The van der Waals surface area contributed by atoms with Gasteiger partial charge in [-0.15, -0.1) is 24.8 Å². The molecule has 1 unspecified atom stereocenters. The zero-order valence-corrected chi connectivity index (χ0v) is 14.0. The fraction of sp³-hybridized carbons (Fsp3) is 0.533. The number of nitrogens with zero attached hydrogens (tertiary/aromatic N) is 1. The summed E-state index contributed by atoms with van der Waals surface area (Å²) in [5.74, 6) is 0.0453. The Balaban J connectivity index is 0.00000200. The van der Waals surface area contributed by atoms with Gasteiger partial charge >= 0.3 is 0 Å². The zero-order chi connectivity index (χ0) is 13.7. The van der Waals surface area contributed by atoms with Crippen LogP contribution in [0.3, 0.4) is 0 Å². The molecule has 1 fully saturated rings. The number of nitrogens with one attached hydrogen (secondary N) is 1. The van der Waals surface area contributed by atoms with Gasteiger partial charge in [-0.25, -0.2) is 0 Å². The third kappa shape index (κ3) is 6.12. The third-order valence-electron chi connectivity index (χ3n) is 3.45. The molecule has 1 aromatic rings. The van der Waals surface area contributed by atoms with E-state index in [2.05, 4.69) is 16.3 Å². The van der Waals surface area contributed by atoms with E-state index in [0.29, 0.717) is 6.42 Å². The summed E-state index contributed by atoms with van der Waals surface area (Å²) in [7, 11) is 0.